The molecule has 0 bridgehead atoms. The number of nitrogens with one attached hydrogen (secondary N) is 1. The lowest BCUT2D eigenvalue weighted by molar-refractivity contribution is 0.0825. The summed E-state index contributed by atoms with van der Waals surface area (Å²) in [5, 5.41) is 4.58. The molecular formula is C14H28N2S. The maximum Gasteiger partial charge on any atom is 0.0218 e. The van der Waals surface area contributed by atoms with Crippen LogP contribution in [-0.4, -0.2) is 47.6 Å². The minimum absolute atomic E-state index is 0.689. The molecule has 1 saturated heterocycles. The topological polar surface area (TPSA) is 15.3 Å². The van der Waals surface area contributed by atoms with Crippen molar-refractivity contribution in [3.05, 3.63) is 0 Å². The van der Waals surface area contributed by atoms with Crippen LogP contribution in [0.2, 0.25) is 0 Å². The average Bonchev–Trinajstić information content (AvgIpc) is 2.77. The molecule has 1 saturated carbocycles. The van der Waals surface area contributed by atoms with E-state index in [1.807, 2.05) is 0 Å². The van der Waals surface area contributed by atoms with Crippen LogP contribution in [0.5, 0.6) is 0 Å². The zero-order valence-electron chi connectivity index (χ0n) is 11.8. The Bertz CT molecular complexity index is 244. The van der Waals surface area contributed by atoms with Crippen LogP contribution >= 0.6 is 11.8 Å². The van der Waals surface area contributed by atoms with Gasteiger partial charge in [-0.15, -0.1) is 0 Å². The summed E-state index contributed by atoms with van der Waals surface area (Å²) in [4.78, 5) is 2.80. The smallest absolute Gasteiger partial charge is 0.0218 e. The largest absolute Gasteiger partial charge is 0.311 e. The van der Waals surface area contributed by atoms with Gasteiger partial charge in [-0.1, -0.05) is 20.3 Å². The van der Waals surface area contributed by atoms with Gasteiger partial charge in [0.1, 0.15) is 0 Å². The Balaban J connectivity index is 2.01. The van der Waals surface area contributed by atoms with Gasteiger partial charge < -0.3 is 5.32 Å². The highest BCUT2D eigenvalue weighted by Crippen LogP contribution is 2.34. The van der Waals surface area contributed by atoms with E-state index in [1.165, 1.54) is 32.4 Å². The number of nitrogens with zero attached hydrogens (tertiary/aromatic N) is 1. The molecule has 3 heteroatoms. The number of rotatable bonds is 3. The minimum atomic E-state index is 0.689. The second-order valence-electron chi connectivity index (χ2n) is 6.08. The van der Waals surface area contributed by atoms with Gasteiger partial charge in [0.05, 0.1) is 0 Å². The Morgan fingerprint density at radius 3 is 2.71 bits per heavy atom. The van der Waals surface area contributed by atoms with Crippen LogP contribution in [-0.2, 0) is 0 Å². The van der Waals surface area contributed by atoms with Crippen molar-refractivity contribution in [2.75, 3.05) is 19.3 Å². The molecular weight excluding hydrogens is 228 g/mol. The van der Waals surface area contributed by atoms with Crippen molar-refractivity contribution >= 4 is 11.8 Å². The highest BCUT2D eigenvalue weighted by molar-refractivity contribution is 7.99. The van der Waals surface area contributed by atoms with E-state index in [1.54, 1.807) is 0 Å². The summed E-state index contributed by atoms with van der Waals surface area (Å²) in [6.45, 7) is 9.49. The van der Waals surface area contributed by atoms with Crippen molar-refractivity contribution in [1.82, 2.24) is 10.2 Å². The fraction of sp³-hybridized carbons (Fsp3) is 1.00. The third-order valence-electron chi connectivity index (χ3n) is 4.60. The molecule has 2 fully saturated rings. The molecule has 4 atom stereocenters. The van der Waals surface area contributed by atoms with Crippen molar-refractivity contribution in [2.45, 2.75) is 63.4 Å². The van der Waals surface area contributed by atoms with Gasteiger partial charge >= 0.3 is 0 Å². The molecule has 0 spiro atoms. The van der Waals surface area contributed by atoms with Crippen LogP contribution in [0.25, 0.3) is 0 Å². The fourth-order valence-corrected chi connectivity index (χ4v) is 4.39. The van der Waals surface area contributed by atoms with Crippen LogP contribution < -0.4 is 5.32 Å². The lowest BCUT2D eigenvalue weighted by Crippen LogP contribution is -2.60. The SMILES string of the molecule is CSC1CCCC1N1CC(C(C)C)NCC1C. The summed E-state index contributed by atoms with van der Waals surface area (Å²) in [5.41, 5.74) is 0. The highest BCUT2D eigenvalue weighted by atomic mass is 32.2. The molecule has 2 rings (SSSR count). The fourth-order valence-electron chi connectivity index (χ4n) is 3.38. The summed E-state index contributed by atoms with van der Waals surface area (Å²) >= 11 is 2.08. The molecule has 1 heterocycles. The predicted octanol–water partition coefficient (Wildman–Crippen LogP) is 2.59. The first-order chi connectivity index (χ1) is 8.13. The van der Waals surface area contributed by atoms with Crippen molar-refractivity contribution < 1.29 is 0 Å². The zero-order chi connectivity index (χ0) is 12.4. The van der Waals surface area contributed by atoms with E-state index in [-0.39, 0.29) is 0 Å². The Hall–Kier alpha value is 0.270. The Morgan fingerprint density at radius 2 is 2.06 bits per heavy atom. The minimum Gasteiger partial charge on any atom is -0.311 e. The van der Waals surface area contributed by atoms with Gasteiger partial charge in [0.15, 0.2) is 0 Å². The van der Waals surface area contributed by atoms with Gasteiger partial charge in [-0.05, 0) is 31.9 Å². The van der Waals surface area contributed by atoms with Gasteiger partial charge in [0, 0.05) is 36.5 Å². The molecule has 2 nitrogen and oxygen atoms in total. The molecule has 0 aromatic carbocycles. The Labute approximate surface area is 111 Å². The highest BCUT2D eigenvalue weighted by Gasteiger charge is 2.37. The molecule has 0 radical (unpaired) electrons. The molecule has 2 aliphatic rings. The molecule has 1 aliphatic heterocycles. The molecule has 100 valence electrons. The van der Waals surface area contributed by atoms with Crippen LogP contribution in [0.3, 0.4) is 0 Å². The predicted molar refractivity (Wildman–Crippen MR) is 77.7 cm³/mol. The van der Waals surface area contributed by atoms with E-state index in [2.05, 4.69) is 49.0 Å². The lowest BCUT2D eigenvalue weighted by Gasteiger charge is -2.45. The molecule has 4 unspecified atom stereocenters. The maximum atomic E-state index is 3.71. The third-order valence-corrected chi connectivity index (χ3v) is 5.76. The normalized spacial score (nSPS) is 40.1. The third kappa shape index (κ3) is 2.99. The summed E-state index contributed by atoms with van der Waals surface area (Å²) < 4.78 is 0. The first kappa shape index (κ1) is 13.7. The summed E-state index contributed by atoms with van der Waals surface area (Å²) in [5.74, 6) is 0.749. The summed E-state index contributed by atoms with van der Waals surface area (Å²) in [7, 11) is 0. The first-order valence-electron chi connectivity index (χ1n) is 7.15. The van der Waals surface area contributed by atoms with E-state index in [0.717, 1.165) is 17.2 Å². The van der Waals surface area contributed by atoms with E-state index >= 15 is 0 Å². The molecule has 17 heavy (non-hydrogen) atoms. The van der Waals surface area contributed by atoms with Crippen LogP contribution in [0, 0.1) is 5.92 Å². The molecule has 0 amide bonds. The van der Waals surface area contributed by atoms with E-state index in [0.29, 0.717) is 12.1 Å². The van der Waals surface area contributed by atoms with Gasteiger partial charge in [0.2, 0.25) is 0 Å². The van der Waals surface area contributed by atoms with Crippen molar-refractivity contribution in [1.29, 1.82) is 0 Å². The van der Waals surface area contributed by atoms with Crippen molar-refractivity contribution in [3.63, 3.8) is 0 Å². The lowest BCUT2D eigenvalue weighted by atomic mass is 9.98. The van der Waals surface area contributed by atoms with Crippen LogP contribution in [0.4, 0.5) is 0 Å². The molecule has 1 aliphatic carbocycles. The van der Waals surface area contributed by atoms with Gasteiger partial charge in [0.25, 0.3) is 0 Å². The summed E-state index contributed by atoms with van der Waals surface area (Å²) in [6, 6.07) is 2.24. The first-order valence-corrected chi connectivity index (χ1v) is 8.44. The average molecular weight is 256 g/mol. The second-order valence-corrected chi connectivity index (χ2v) is 7.15. The van der Waals surface area contributed by atoms with Crippen molar-refractivity contribution in [3.8, 4) is 0 Å². The molecule has 0 aromatic rings. The Kier molecular flexibility index (Phi) is 4.79. The molecule has 0 aromatic heterocycles. The van der Waals surface area contributed by atoms with Gasteiger partial charge in [-0.25, -0.2) is 0 Å². The van der Waals surface area contributed by atoms with Crippen LogP contribution in [0.1, 0.15) is 40.0 Å². The quantitative estimate of drug-likeness (QED) is 0.835. The second kappa shape index (κ2) is 5.94. The monoisotopic (exact) mass is 256 g/mol. The number of hydrogen-bond acceptors (Lipinski definition) is 3. The standard InChI is InChI=1S/C14H28N2S/c1-10(2)12-9-16(11(3)8-15-12)13-6-5-7-14(13)17-4/h10-15H,5-9H2,1-4H3. The maximum absolute atomic E-state index is 3.71. The number of piperazine rings is 1. The van der Waals surface area contributed by atoms with Gasteiger partial charge in [-0.2, -0.15) is 11.8 Å². The van der Waals surface area contributed by atoms with Gasteiger partial charge in [-0.3, -0.25) is 4.90 Å². The Morgan fingerprint density at radius 1 is 1.29 bits per heavy atom. The van der Waals surface area contributed by atoms with Crippen molar-refractivity contribution in [2.24, 2.45) is 5.92 Å². The van der Waals surface area contributed by atoms with Crippen LogP contribution in [0.15, 0.2) is 0 Å². The van der Waals surface area contributed by atoms with E-state index < -0.39 is 0 Å². The molecule has 1 N–H and O–H groups in total. The van der Waals surface area contributed by atoms with E-state index in [9.17, 15) is 0 Å². The summed E-state index contributed by atoms with van der Waals surface area (Å²) in [6.07, 6.45) is 6.56. The number of thioether (sulfide) groups is 1. The zero-order valence-corrected chi connectivity index (χ0v) is 12.6. The van der Waals surface area contributed by atoms with E-state index in [4.69, 9.17) is 0 Å². The number of hydrogen-bond donors (Lipinski definition) is 1.